The summed E-state index contributed by atoms with van der Waals surface area (Å²) in [5, 5.41) is 16.2. The minimum absolute atomic E-state index is 0.117. The van der Waals surface area contributed by atoms with Gasteiger partial charge in [-0.2, -0.15) is 0 Å². The lowest BCUT2D eigenvalue weighted by Gasteiger charge is -2.27. The molecule has 118 valence electrons. The van der Waals surface area contributed by atoms with E-state index in [1.54, 1.807) is 0 Å². The van der Waals surface area contributed by atoms with Crippen molar-refractivity contribution in [3.05, 3.63) is 29.8 Å². The van der Waals surface area contributed by atoms with Crippen LogP contribution in [0.3, 0.4) is 0 Å². The number of rotatable bonds is 7. The first-order valence-corrected chi connectivity index (χ1v) is 7.32. The number of urea groups is 1. The zero-order chi connectivity index (χ0) is 16.0. The molecule has 1 aromatic rings. The summed E-state index contributed by atoms with van der Waals surface area (Å²) in [6, 6.07) is 7.03. The summed E-state index contributed by atoms with van der Waals surface area (Å²) in [4.78, 5) is 10.8. The quantitative estimate of drug-likeness (QED) is 0.623. The Morgan fingerprint density at radius 2 is 1.86 bits per heavy atom. The average Bonchev–Trinajstić information content (AvgIpc) is 2.34. The van der Waals surface area contributed by atoms with Gasteiger partial charge in [0, 0.05) is 18.3 Å². The van der Waals surface area contributed by atoms with Crippen LogP contribution in [0.25, 0.3) is 0 Å². The molecule has 1 rings (SSSR count). The summed E-state index contributed by atoms with van der Waals surface area (Å²) in [5.74, 6) is 0.455. The van der Waals surface area contributed by atoms with Crippen LogP contribution in [0, 0.1) is 5.92 Å². The van der Waals surface area contributed by atoms with E-state index in [1.165, 1.54) is 0 Å². The first-order valence-electron chi connectivity index (χ1n) is 7.32. The van der Waals surface area contributed by atoms with E-state index in [-0.39, 0.29) is 6.04 Å². The smallest absolute Gasteiger partial charge is 0.316 e. The number of hydrogen-bond donors (Lipinski definition) is 4. The van der Waals surface area contributed by atoms with E-state index in [2.05, 4.69) is 24.5 Å². The number of aliphatic hydroxyl groups is 1. The third-order valence-corrected chi connectivity index (χ3v) is 3.32. The first-order chi connectivity index (χ1) is 9.69. The van der Waals surface area contributed by atoms with Gasteiger partial charge in [-0.05, 0) is 43.9 Å². The monoisotopic (exact) mass is 293 g/mol. The normalized spacial score (nSPS) is 15.5. The van der Waals surface area contributed by atoms with Gasteiger partial charge in [0.15, 0.2) is 0 Å². The molecule has 0 radical (unpaired) electrons. The second kappa shape index (κ2) is 7.43. The van der Waals surface area contributed by atoms with Crippen LogP contribution < -0.4 is 16.4 Å². The highest BCUT2D eigenvalue weighted by atomic mass is 16.3. The molecule has 0 aliphatic heterocycles. The second-order valence-corrected chi connectivity index (χ2v) is 6.31. The molecule has 0 bridgehead atoms. The maximum Gasteiger partial charge on any atom is 0.316 e. The summed E-state index contributed by atoms with van der Waals surface area (Å²) in [6.45, 7) is 8.63. The Kier molecular flexibility index (Phi) is 6.18. The second-order valence-electron chi connectivity index (χ2n) is 6.31. The lowest BCUT2D eigenvalue weighted by molar-refractivity contribution is 0.0363. The van der Waals surface area contributed by atoms with Crippen molar-refractivity contribution in [2.75, 3.05) is 11.9 Å². The maximum absolute atomic E-state index is 10.8. The summed E-state index contributed by atoms with van der Waals surface area (Å²) in [6.07, 6.45) is 0.758. The van der Waals surface area contributed by atoms with Crippen molar-refractivity contribution in [2.24, 2.45) is 11.7 Å². The molecule has 0 saturated carbocycles. The van der Waals surface area contributed by atoms with Gasteiger partial charge in [0.05, 0.1) is 5.60 Å². The SMILES string of the molecule is CC(C)CC(C)(O)CNC(C)c1ccc(NC(N)=O)cc1. The number of amides is 2. The Morgan fingerprint density at radius 3 is 2.33 bits per heavy atom. The number of nitrogens with two attached hydrogens (primary N) is 1. The van der Waals surface area contributed by atoms with Gasteiger partial charge in [-0.25, -0.2) is 4.79 Å². The Bertz CT molecular complexity index is 455. The Hall–Kier alpha value is -1.59. The number of anilines is 1. The van der Waals surface area contributed by atoms with E-state index >= 15 is 0 Å². The lowest BCUT2D eigenvalue weighted by Crippen LogP contribution is -2.39. The van der Waals surface area contributed by atoms with Gasteiger partial charge in [0.25, 0.3) is 0 Å². The molecule has 0 heterocycles. The van der Waals surface area contributed by atoms with Crippen molar-refractivity contribution < 1.29 is 9.90 Å². The van der Waals surface area contributed by atoms with E-state index in [9.17, 15) is 9.90 Å². The zero-order valence-corrected chi connectivity index (χ0v) is 13.3. The van der Waals surface area contributed by atoms with Gasteiger partial charge in [-0.1, -0.05) is 26.0 Å². The van der Waals surface area contributed by atoms with Gasteiger partial charge >= 0.3 is 6.03 Å². The van der Waals surface area contributed by atoms with E-state index in [1.807, 2.05) is 38.1 Å². The Balaban J connectivity index is 2.55. The molecule has 5 nitrogen and oxygen atoms in total. The molecule has 1 aromatic carbocycles. The van der Waals surface area contributed by atoms with Crippen LogP contribution in [0.2, 0.25) is 0 Å². The third-order valence-electron chi connectivity index (χ3n) is 3.32. The summed E-state index contributed by atoms with van der Waals surface area (Å²) in [7, 11) is 0. The standard InChI is InChI=1S/C16H27N3O2/c1-11(2)9-16(4,21)10-18-12(3)13-5-7-14(8-6-13)19-15(17)20/h5-8,11-12,18,21H,9-10H2,1-4H3,(H3,17,19,20). The van der Waals surface area contributed by atoms with Crippen LogP contribution in [0.1, 0.15) is 45.7 Å². The van der Waals surface area contributed by atoms with E-state index in [0.717, 1.165) is 12.0 Å². The van der Waals surface area contributed by atoms with Gasteiger partial charge < -0.3 is 21.5 Å². The van der Waals surface area contributed by atoms with E-state index < -0.39 is 11.6 Å². The molecule has 0 aromatic heterocycles. The molecule has 5 N–H and O–H groups in total. The van der Waals surface area contributed by atoms with Crippen molar-refractivity contribution in [1.82, 2.24) is 5.32 Å². The highest BCUT2D eigenvalue weighted by Crippen LogP contribution is 2.19. The molecule has 0 aliphatic rings. The van der Waals surface area contributed by atoms with Gasteiger partial charge in [-0.15, -0.1) is 0 Å². The molecule has 2 atom stereocenters. The molecule has 2 amide bonds. The fraction of sp³-hybridized carbons (Fsp3) is 0.562. The van der Waals surface area contributed by atoms with E-state index in [4.69, 9.17) is 5.73 Å². The molecule has 0 aliphatic carbocycles. The number of carbonyl (C=O) groups is 1. The Labute approximate surface area is 126 Å². The topological polar surface area (TPSA) is 87.4 Å². The summed E-state index contributed by atoms with van der Waals surface area (Å²) in [5.41, 5.74) is 6.11. The maximum atomic E-state index is 10.8. The minimum Gasteiger partial charge on any atom is -0.389 e. The Morgan fingerprint density at radius 1 is 1.29 bits per heavy atom. The van der Waals surface area contributed by atoms with Crippen LogP contribution in [-0.4, -0.2) is 23.3 Å². The molecule has 5 heteroatoms. The number of benzene rings is 1. The summed E-state index contributed by atoms with van der Waals surface area (Å²) < 4.78 is 0. The van der Waals surface area contributed by atoms with Crippen molar-refractivity contribution in [1.29, 1.82) is 0 Å². The average molecular weight is 293 g/mol. The highest BCUT2D eigenvalue weighted by molar-refractivity contribution is 5.87. The van der Waals surface area contributed by atoms with Crippen molar-refractivity contribution in [2.45, 2.75) is 45.8 Å². The van der Waals surface area contributed by atoms with Gasteiger partial charge in [0.1, 0.15) is 0 Å². The third kappa shape index (κ3) is 6.60. The van der Waals surface area contributed by atoms with Crippen LogP contribution in [0.15, 0.2) is 24.3 Å². The van der Waals surface area contributed by atoms with Crippen LogP contribution >= 0.6 is 0 Å². The number of carbonyl (C=O) groups excluding carboxylic acids is 1. The molecule has 21 heavy (non-hydrogen) atoms. The number of hydrogen-bond acceptors (Lipinski definition) is 3. The minimum atomic E-state index is -0.712. The predicted molar refractivity (Wildman–Crippen MR) is 86.1 cm³/mol. The molecule has 0 saturated heterocycles. The molecule has 0 spiro atoms. The van der Waals surface area contributed by atoms with Crippen LogP contribution in [0.4, 0.5) is 10.5 Å². The number of nitrogens with one attached hydrogen (secondary N) is 2. The lowest BCUT2D eigenvalue weighted by atomic mass is 9.94. The molecular formula is C16H27N3O2. The van der Waals surface area contributed by atoms with Gasteiger partial charge in [-0.3, -0.25) is 0 Å². The van der Waals surface area contributed by atoms with Crippen molar-refractivity contribution in [3.8, 4) is 0 Å². The highest BCUT2D eigenvalue weighted by Gasteiger charge is 2.22. The van der Waals surface area contributed by atoms with Crippen LogP contribution in [-0.2, 0) is 0 Å². The zero-order valence-electron chi connectivity index (χ0n) is 13.3. The first kappa shape index (κ1) is 17.5. The molecular weight excluding hydrogens is 266 g/mol. The van der Waals surface area contributed by atoms with Crippen LogP contribution in [0.5, 0.6) is 0 Å². The van der Waals surface area contributed by atoms with Gasteiger partial charge in [0.2, 0.25) is 0 Å². The molecule has 0 fully saturated rings. The fourth-order valence-corrected chi connectivity index (χ4v) is 2.44. The largest absolute Gasteiger partial charge is 0.389 e. The summed E-state index contributed by atoms with van der Waals surface area (Å²) >= 11 is 0. The van der Waals surface area contributed by atoms with Crippen molar-refractivity contribution in [3.63, 3.8) is 0 Å². The van der Waals surface area contributed by atoms with E-state index in [0.29, 0.717) is 18.2 Å². The predicted octanol–water partition coefficient (Wildman–Crippen LogP) is 2.62. The number of primary amides is 1. The molecule has 2 unspecified atom stereocenters. The van der Waals surface area contributed by atoms with Crippen molar-refractivity contribution >= 4 is 11.7 Å². The fourth-order valence-electron chi connectivity index (χ4n) is 2.44.